The summed E-state index contributed by atoms with van der Waals surface area (Å²) in [7, 11) is 0. The molecule has 1 aromatic heterocycles. The van der Waals surface area contributed by atoms with Crippen molar-refractivity contribution in [2.75, 3.05) is 18.4 Å². The van der Waals surface area contributed by atoms with Crippen LogP contribution in [0.2, 0.25) is 5.02 Å². The van der Waals surface area contributed by atoms with E-state index in [0.717, 1.165) is 12.3 Å². The molecule has 0 bridgehead atoms. The van der Waals surface area contributed by atoms with Gasteiger partial charge in [0.2, 0.25) is 0 Å². The molecule has 1 N–H and O–H groups in total. The lowest BCUT2D eigenvalue weighted by molar-refractivity contribution is -0.137. The number of hydrogen-bond acceptors (Lipinski definition) is 4. The number of ether oxygens (including phenoxy) is 1. The topological polar surface area (TPSA) is 54.5 Å². The van der Waals surface area contributed by atoms with Gasteiger partial charge in [-0.15, -0.1) is 0 Å². The molecule has 0 aromatic carbocycles. The van der Waals surface area contributed by atoms with Gasteiger partial charge in [-0.25, -0.2) is 9.78 Å². The molecular formula is C16H21ClF3N3O2. The normalized spacial score (nSPS) is 16.7. The van der Waals surface area contributed by atoms with Gasteiger partial charge >= 0.3 is 12.3 Å². The van der Waals surface area contributed by atoms with Crippen LogP contribution >= 0.6 is 11.6 Å². The Morgan fingerprint density at radius 2 is 1.92 bits per heavy atom. The van der Waals surface area contributed by atoms with Gasteiger partial charge in [0.25, 0.3) is 0 Å². The minimum Gasteiger partial charge on any atom is -0.444 e. The zero-order chi connectivity index (χ0) is 18.8. The second kappa shape index (κ2) is 7.27. The smallest absolute Gasteiger partial charge is 0.417 e. The fourth-order valence-corrected chi connectivity index (χ4v) is 2.65. The highest BCUT2D eigenvalue weighted by atomic mass is 35.5. The Hall–Kier alpha value is -1.70. The highest BCUT2D eigenvalue weighted by Crippen LogP contribution is 2.33. The molecule has 1 aliphatic heterocycles. The van der Waals surface area contributed by atoms with Crippen molar-refractivity contribution in [3.8, 4) is 0 Å². The molecule has 9 heteroatoms. The summed E-state index contributed by atoms with van der Waals surface area (Å²) >= 11 is 5.90. The Bertz CT molecular complexity index is 624. The number of pyridine rings is 1. The Morgan fingerprint density at radius 1 is 1.32 bits per heavy atom. The molecule has 0 aliphatic carbocycles. The van der Waals surface area contributed by atoms with Crippen LogP contribution in [0.1, 0.15) is 39.2 Å². The van der Waals surface area contributed by atoms with Crippen LogP contribution in [-0.4, -0.2) is 40.7 Å². The van der Waals surface area contributed by atoms with Gasteiger partial charge in [-0.2, -0.15) is 13.2 Å². The molecule has 25 heavy (non-hydrogen) atoms. The van der Waals surface area contributed by atoms with Gasteiger partial charge < -0.3 is 15.0 Å². The molecule has 2 heterocycles. The maximum Gasteiger partial charge on any atom is 0.417 e. The zero-order valence-corrected chi connectivity index (χ0v) is 15.0. The summed E-state index contributed by atoms with van der Waals surface area (Å²) in [6.07, 6.45) is -2.84. The van der Waals surface area contributed by atoms with Gasteiger partial charge in [0.1, 0.15) is 11.4 Å². The number of alkyl halides is 3. The average Bonchev–Trinajstić information content (AvgIpc) is 2.47. The number of aromatic nitrogens is 1. The molecule has 5 nitrogen and oxygen atoms in total. The summed E-state index contributed by atoms with van der Waals surface area (Å²) in [6, 6.07) is 0.826. The number of carbonyl (C=O) groups excluding carboxylic acids is 1. The van der Waals surface area contributed by atoms with Crippen molar-refractivity contribution < 1.29 is 22.7 Å². The number of piperidine rings is 1. The van der Waals surface area contributed by atoms with Gasteiger partial charge in [0.15, 0.2) is 0 Å². The summed E-state index contributed by atoms with van der Waals surface area (Å²) in [6.45, 7) is 6.39. The van der Waals surface area contributed by atoms with E-state index < -0.39 is 17.3 Å². The first-order chi connectivity index (χ1) is 11.5. The third-order valence-electron chi connectivity index (χ3n) is 3.66. The van der Waals surface area contributed by atoms with E-state index in [1.165, 1.54) is 0 Å². The third kappa shape index (κ3) is 5.66. The number of amides is 1. The van der Waals surface area contributed by atoms with Gasteiger partial charge in [0.05, 0.1) is 10.6 Å². The summed E-state index contributed by atoms with van der Waals surface area (Å²) < 4.78 is 43.2. The lowest BCUT2D eigenvalue weighted by atomic mass is 10.1. The van der Waals surface area contributed by atoms with Crippen LogP contribution < -0.4 is 5.32 Å². The lowest BCUT2D eigenvalue weighted by Crippen LogP contribution is -2.44. The van der Waals surface area contributed by atoms with Crippen molar-refractivity contribution in [2.45, 2.75) is 51.4 Å². The number of halogens is 4. The van der Waals surface area contributed by atoms with Crippen LogP contribution in [0.4, 0.5) is 23.8 Å². The van der Waals surface area contributed by atoms with Crippen molar-refractivity contribution >= 4 is 23.5 Å². The molecule has 0 saturated carbocycles. The minimum absolute atomic E-state index is 0.0274. The molecule has 0 unspecified atom stereocenters. The van der Waals surface area contributed by atoms with Crippen LogP contribution in [-0.2, 0) is 10.9 Å². The van der Waals surface area contributed by atoms with E-state index in [0.29, 0.717) is 25.9 Å². The SMILES string of the molecule is CC(C)(C)OC(=O)N1CCC(Nc2ncc(C(F)(F)F)cc2Cl)CC1. The van der Waals surface area contributed by atoms with E-state index in [1.54, 1.807) is 25.7 Å². The van der Waals surface area contributed by atoms with Crippen LogP contribution in [0.5, 0.6) is 0 Å². The van der Waals surface area contributed by atoms with E-state index >= 15 is 0 Å². The molecule has 1 aromatic rings. The molecule has 2 rings (SSSR count). The number of nitrogens with one attached hydrogen (secondary N) is 1. The standard InChI is InChI=1S/C16H21ClF3N3O2/c1-15(2,3)25-14(24)23-6-4-11(5-7-23)22-13-12(17)8-10(9-21-13)16(18,19)20/h8-9,11H,4-7H2,1-3H3,(H,21,22). The molecule has 1 saturated heterocycles. The second-order valence-corrected chi connectivity index (χ2v) is 7.35. The van der Waals surface area contributed by atoms with Gasteiger partial charge in [-0.3, -0.25) is 0 Å². The molecule has 1 aliphatic rings. The minimum atomic E-state index is -4.48. The number of rotatable bonds is 2. The van der Waals surface area contributed by atoms with Crippen molar-refractivity contribution in [1.82, 2.24) is 9.88 Å². The largest absolute Gasteiger partial charge is 0.444 e. The molecule has 1 fully saturated rings. The summed E-state index contributed by atoms with van der Waals surface area (Å²) in [5.41, 5.74) is -1.44. The molecular weight excluding hydrogens is 359 g/mol. The van der Waals surface area contributed by atoms with Crippen molar-refractivity contribution in [3.63, 3.8) is 0 Å². The summed E-state index contributed by atoms with van der Waals surface area (Å²) in [4.78, 5) is 17.4. The maximum absolute atomic E-state index is 12.6. The molecule has 140 valence electrons. The fourth-order valence-electron chi connectivity index (χ4n) is 2.43. The lowest BCUT2D eigenvalue weighted by Gasteiger charge is -2.34. The quantitative estimate of drug-likeness (QED) is 0.818. The zero-order valence-electron chi connectivity index (χ0n) is 14.3. The Labute approximate surface area is 149 Å². The van der Waals surface area contributed by atoms with E-state index in [1.807, 2.05) is 0 Å². The first-order valence-corrected chi connectivity index (χ1v) is 8.31. The summed E-state index contributed by atoms with van der Waals surface area (Å²) in [5, 5.41) is 2.97. The number of anilines is 1. The van der Waals surface area contributed by atoms with E-state index in [9.17, 15) is 18.0 Å². The highest BCUT2D eigenvalue weighted by Gasteiger charge is 2.32. The fraction of sp³-hybridized carbons (Fsp3) is 0.625. The van der Waals surface area contributed by atoms with Crippen LogP contribution in [0.15, 0.2) is 12.3 Å². The number of likely N-dealkylation sites (tertiary alicyclic amines) is 1. The Kier molecular flexibility index (Phi) is 5.71. The number of nitrogens with zero attached hydrogens (tertiary/aromatic N) is 2. The van der Waals surface area contributed by atoms with Crippen LogP contribution in [0.3, 0.4) is 0 Å². The third-order valence-corrected chi connectivity index (χ3v) is 3.94. The molecule has 1 amide bonds. The van der Waals surface area contributed by atoms with Gasteiger partial charge in [0, 0.05) is 25.3 Å². The second-order valence-electron chi connectivity index (χ2n) is 6.94. The van der Waals surface area contributed by atoms with E-state index in [-0.39, 0.29) is 23.0 Å². The average molecular weight is 380 g/mol. The van der Waals surface area contributed by atoms with Gasteiger partial charge in [-0.1, -0.05) is 11.6 Å². The predicted octanol–water partition coefficient (Wildman–Crippen LogP) is 4.57. The monoisotopic (exact) mass is 379 g/mol. The first-order valence-electron chi connectivity index (χ1n) is 7.93. The molecule has 0 radical (unpaired) electrons. The van der Waals surface area contributed by atoms with Crippen molar-refractivity contribution in [2.24, 2.45) is 0 Å². The first kappa shape index (κ1) is 19.6. The van der Waals surface area contributed by atoms with Crippen molar-refractivity contribution in [1.29, 1.82) is 0 Å². The van der Waals surface area contributed by atoms with Crippen molar-refractivity contribution in [3.05, 3.63) is 22.8 Å². The number of hydrogen-bond donors (Lipinski definition) is 1. The van der Waals surface area contributed by atoms with Crippen LogP contribution in [0.25, 0.3) is 0 Å². The number of carbonyl (C=O) groups is 1. The maximum atomic E-state index is 12.6. The molecule has 0 spiro atoms. The van der Waals surface area contributed by atoms with E-state index in [2.05, 4.69) is 10.3 Å². The Morgan fingerprint density at radius 3 is 2.40 bits per heavy atom. The predicted molar refractivity (Wildman–Crippen MR) is 88.7 cm³/mol. The highest BCUT2D eigenvalue weighted by molar-refractivity contribution is 6.33. The van der Waals surface area contributed by atoms with Gasteiger partial charge in [-0.05, 0) is 39.7 Å². The van der Waals surface area contributed by atoms with E-state index in [4.69, 9.17) is 16.3 Å². The molecule has 0 atom stereocenters. The summed E-state index contributed by atoms with van der Waals surface area (Å²) in [5.74, 6) is 0.213. The Balaban J connectivity index is 1.91. The van der Waals surface area contributed by atoms with Crippen LogP contribution in [0, 0.1) is 0 Å².